The average molecular weight is 423 g/mol. The zero-order valence-electron chi connectivity index (χ0n) is 15.5. The van der Waals surface area contributed by atoms with Gasteiger partial charge < -0.3 is 14.4 Å². The topological polar surface area (TPSA) is 92.8 Å². The van der Waals surface area contributed by atoms with Gasteiger partial charge in [0.2, 0.25) is 5.91 Å². The fraction of sp³-hybridized carbons (Fsp3) is 0.389. The van der Waals surface area contributed by atoms with Crippen molar-refractivity contribution in [1.82, 2.24) is 15.8 Å². The van der Waals surface area contributed by atoms with E-state index in [9.17, 15) is 9.59 Å². The highest BCUT2D eigenvalue weighted by Crippen LogP contribution is 2.22. The highest BCUT2D eigenvalue weighted by Gasteiger charge is 2.17. The number of aromatic nitrogens is 1. The van der Waals surface area contributed by atoms with Crippen molar-refractivity contribution >= 4 is 40.0 Å². The van der Waals surface area contributed by atoms with E-state index in [4.69, 9.17) is 9.47 Å². The molecular formula is C18H22N4O4S2. The Labute approximate surface area is 171 Å². The Morgan fingerprint density at radius 3 is 2.71 bits per heavy atom. The first-order valence-corrected chi connectivity index (χ1v) is 10.8. The molecule has 10 heteroatoms. The van der Waals surface area contributed by atoms with E-state index >= 15 is 0 Å². The molecule has 2 aromatic rings. The van der Waals surface area contributed by atoms with Crippen LogP contribution in [0.25, 0.3) is 0 Å². The predicted octanol–water partition coefficient (Wildman–Crippen LogP) is 1.93. The molecule has 1 aromatic heterocycles. The maximum Gasteiger partial charge on any atom is 0.289 e. The van der Waals surface area contributed by atoms with E-state index in [0.29, 0.717) is 19.8 Å². The van der Waals surface area contributed by atoms with Crippen molar-refractivity contribution in [2.45, 2.75) is 11.8 Å². The average Bonchev–Trinajstić information content (AvgIpc) is 3.23. The predicted molar refractivity (Wildman–Crippen MR) is 109 cm³/mol. The second-order valence-electron chi connectivity index (χ2n) is 5.81. The number of nitrogens with zero attached hydrogens (tertiary/aromatic N) is 2. The summed E-state index contributed by atoms with van der Waals surface area (Å²) in [5.74, 6) is 0.249. The first-order chi connectivity index (χ1) is 13.7. The van der Waals surface area contributed by atoms with Gasteiger partial charge >= 0.3 is 0 Å². The molecule has 0 atom stereocenters. The third-order valence-corrected chi connectivity index (χ3v) is 5.74. The number of thiazole rings is 1. The number of amides is 2. The van der Waals surface area contributed by atoms with Crippen molar-refractivity contribution in [2.24, 2.45) is 0 Å². The standard InChI is InChI=1S/C18H22N4O4S2/c1-2-26-13-3-5-14(6-4-13)27-12-16(23)20-21-17(24)15-11-28-18(19-15)22-7-9-25-10-8-22/h3-6,11H,2,7-10,12H2,1H3,(H,20,23)(H,21,24). The molecule has 1 aliphatic heterocycles. The second-order valence-corrected chi connectivity index (χ2v) is 7.70. The summed E-state index contributed by atoms with van der Waals surface area (Å²) in [5.41, 5.74) is 5.11. The number of hydrogen-bond acceptors (Lipinski definition) is 8. The van der Waals surface area contributed by atoms with Crippen molar-refractivity contribution < 1.29 is 19.1 Å². The van der Waals surface area contributed by atoms with Crippen molar-refractivity contribution in [3.05, 3.63) is 35.3 Å². The highest BCUT2D eigenvalue weighted by molar-refractivity contribution is 8.00. The lowest BCUT2D eigenvalue weighted by molar-refractivity contribution is -0.119. The number of hydrazine groups is 1. The lowest BCUT2D eigenvalue weighted by atomic mass is 10.3. The maximum atomic E-state index is 12.2. The van der Waals surface area contributed by atoms with E-state index in [2.05, 4.69) is 20.7 Å². The molecule has 2 heterocycles. The van der Waals surface area contributed by atoms with Crippen LogP contribution in [-0.2, 0) is 9.53 Å². The molecule has 1 aromatic carbocycles. The van der Waals surface area contributed by atoms with Crippen LogP contribution in [0.15, 0.2) is 34.5 Å². The Balaban J connectivity index is 1.41. The highest BCUT2D eigenvalue weighted by atomic mass is 32.2. The zero-order chi connectivity index (χ0) is 19.8. The smallest absolute Gasteiger partial charge is 0.289 e. The van der Waals surface area contributed by atoms with Crippen molar-refractivity contribution in [2.75, 3.05) is 43.6 Å². The number of morpholine rings is 1. The molecule has 28 heavy (non-hydrogen) atoms. The summed E-state index contributed by atoms with van der Waals surface area (Å²) < 4.78 is 10.7. The number of carbonyl (C=O) groups excluding carboxylic acids is 2. The molecule has 0 saturated carbocycles. The summed E-state index contributed by atoms with van der Waals surface area (Å²) in [4.78, 5) is 31.5. The van der Waals surface area contributed by atoms with E-state index in [1.54, 1.807) is 5.38 Å². The third-order valence-electron chi connectivity index (χ3n) is 3.83. The van der Waals surface area contributed by atoms with Gasteiger partial charge in [0.15, 0.2) is 5.13 Å². The fourth-order valence-electron chi connectivity index (χ4n) is 2.44. The summed E-state index contributed by atoms with van der Waals surface area (Å²) in [6, 6.07) is 7.51. The Bertz CT molecular complexity index is 791. The van der Waals surface area contributed by atoms with Crippen molar-refractivity contribution in [3.63, 3.8) is 0 Å². The Morgan fingerprint density at radius 1 is 1.25 bits per heavy atom. The lowest BCUT2D eigenvalue weighted by Crippen LogP contribution is -2.42. The molecule has 2 N–H and O–H groups in total. The molecule has 8 nitrogen and oxygen atoms in total. The van der Waals surface area contributed by atoms with Gasteiger partial charge in [-0.3, -0.25) is 20.4 Å². The van der Waals surface area contributed by atoms with Gasteiger partial charge in [-0.05, 0) is 31.2 Å². The largest absolute Gasteiger partial charge is 0.494 e. The molecule has 2 amide bonds. The van der Waals surface area contributed by atoms with E-state index in [0.717, 1.165) is 28.9 Å². The number of thioether (sulfide) groups is 1. The molecule has 150 valence electrons. The minimum absolute atomic E-state index is 0.185. The number of benzene rings is 1. The van der Waals surface area contributed by atoms with Crippen LogP contribution in [0.2, 0.25) is 0 Å². The number of rotatable bonds is 7. The van der Waals surface area contributed by atoms with Gasteiger partial charge in [0.05, 0.1) is 25.6 Å². The minimum atomic E-state index is -0.435. The van der Waals surface area contributed by atoms with E-state index in [-0.39, 0.29) is 17.4 Å². The van der Waals surface area contributed by atoms with Crippen molar-refractivity contribution in [1.29, 1.82) is 0 Å². The lowest BCUT2D eigenvalue weighted by Gasteiger charge is -2.25. The normalized spacial score (nSPS) is 13.8. The van der Waals surface area contributed by atoms with Gasteiger partial charge in [-0.15, -0.1) is 23.1 Å². The molecule has 1 fully saturated rings. The third kappa shape index (κ3) is 5.85. The van der Waals surface area contributed by atoms with Crippen LogP contribution in [0.1, 0.15) is 17.4 Å². The molecule has 1 aliphatic rings. The van der Waals surface area contributed by atoms with Gasteiger partial charge in [-0.2, -0.15) is 0 Å². The zero-order valence-corrected chi connectivity index (χ0v) is 17.1. The van der Waals surface area contributed by atoms with Crippen molar-refractivity contribution in [3.8, 4) is 5.75 Å². The number of carbonyl (C=O) groups is 2. The van der Waals surface area contributed by atoms with Gasteiger partial charge in [-0.1, -0.05) is 0 Å². The van der Waals surface area contributed by atoms with Crippen LogP contribution in [0, 0.1) is 0 Å². The Hall–Kier alpha value is -2.30. The summed E-state index contributed by atoms with van der Waals surface area (Å²) in [7, 11) is 0. The SMILES string of the molecule is CCOc1ccc(SCC(=O)NNC(=O)c2csc(N3CCOCC3)n2)cc1. The van der Waals surface area contributed by atoms with Gasteiger partial charge in [0, 0.05) is 23.4 Å². The molecule has 0 radical (unpaired) electrons. The monoisotopic (exact) mass is 422 g/mol. The first-order valence-electron chi connectivity index (χ1n) is 8.89. The van der Waals surface area contributed by atoms with Crippen LogP contribution in [0.5, 0.6) is 5.75 Å². The Morgan fingerprint density at radius 2 is 2.00 bits per heavy atom. The van der Waals surface area contributed by atoms with Crippen LogP contribution in [-0.4, -0.2) is 55.5 Å². The molecule has 3 rings (SSSR count). The Kier molecular flexibility index (Phi) is 7.52. The summed E-state index contributed by atoms with van der Waals surface area (Å²) >= 11 is 2.78. The van der Waals surface area contributed by atoms with E-state index < -0.39 is 5.91 Å². The summed E-state index contributed by atoms with van der Waals surface area (Å²) in [5, 5.41) is 2.46. The molecule has 0 aliphatic carbocycles. The minimum Gasteiger partial charge on any atom is -0.494 e. The quantitative estimate of drug-likeness (QED) is 0.520. The van der Waals surface area contributed by atoms with Crippen LogP contribution in [0.4, 0.5) is 5.13 Å². The van der Waals surface area contributed by atoms with Gasteiger partial charge in [-0.25, -0.2) is 4.98 Å². The van der Waals surface area contributed by atoms with Gasteiger partial charge in [0.25, 0.3) is 5.91 Å². The summed E-state index contributed by atoms with van der Waals surface area (Å²) in [6.07, 6.45) is 0. The second kappa shape index (κ2) is 10.3. The van der Waals surface area contributed by atoms with Crippen LogP contribution >= 0.6 is 23.1 Å². The van der Waals surface area contributed by atoms with E-state index in [1.807, 2.05) is 31.2 Å². The number of ether oxygens (including phenoxy) is 2. The molecule has 0 unspecified atom stereocenters. The summed E-state index contributed by atoms with van der Waals surface area (Å²) in [6.45, 7) is 5.37. The van der Waals surface area contributed by atoms with Gasteiger partial charge in [0.1, 0.15) is 11.4 Å². The first kappa shape index (κ1) is 20.4. The van der Waals surface area contributed by atoms with Crippen LogP contribution in [0.3, 0.4) is 0 Å². The fourth-order valence-corrected chi connectivity index (χ4v) is 4.00. The number of hydrogen-bond donors (Lipinski definition) is 2. The molecule has 0 bridgehead atoms. The molecule has 0 spiro atoms. The molecule has 1 saturated heterocycles. The van der Waals surface area contributed by atoms with E-state index in [1.165, 1.54) is 23.1 Å². The number of anilines is 1. The maximum absolute atomic E-state index is 12.2. The van der Waals surface area contributed by atoms with Crippen LogP contribution < -0.4 is 20.5 Å². The number of nitrogens with one attached hydrogen (secondary N) is 2. The molecular weight excluding hydrogens is 400 g/mol.